The Labute approximate surface area is 187 Å². The minimum atomic E-state index is -0.630. The number of hydrogen-bond donors (Lipinski definition) is 2. The van der Waals surface area contributed by atoms with E-state index in [4.69, 9.17) is 4.98 Å². The molecule has 2 N–H and O–H groups in total. The van der Waals surface area contributed by atoms with Crippen LogP contribution in [0.3, 0.4) is 0 Å². The molecule has 4 aromatic heterocycles. The highest BCUT2D eigenvalue weighted by atomic mass is 19.1. The van der Waals surface area contributed by atoms with Crippen LogP contribution in [0.4, 0.5) is 15.9 Å². The molecule has 0 aliphatic heterocycles. The fourth-order valence-corrected chi connectivity index (χ4v) is 3.89. The second-order valence-electron chi connectivity index (χ2n) is 7.43. The molecule has 0 saturated heterocycles. The van der Waals surface area contributed by atoms with Crippen LogP contribution in [0.5, 0.6) is 0 Å². The molecule has 1 aromatic carbocycles. The maximum Gasteiger partial charge on any atom is 0.283 e. The predicted molar refractivity (Wildman–Crippen MR) is 122 cm³/mol. The normalized spacial score (nSPS) is 12.2. The molecule has 5 rings (SSSR count). The molecule has 1 atom stereocenters. The number of H-pyrrole nitrogens is 1. The van der Waals surface area contributed by atoms with E-state index < -0.39 is 17.4 Å². The minimum Gasteiger partial charge on any atom is -0.348 e. The van der Waals surface area contributed by atoms with Gasteiger partial charge in [-0.25, -0.2) is 29.0 Å². The van der Waals surface area contributed by atoms with E-state index in [2.05, 4.69) is 30.3 Å². The lowest BCUT2D eigenvalue weighted by molar-refractivity contribution is 0.570. The van der Waals surface area contributed by atoms with Crippen molar-refractivity contribution in [1.82, 2.24) is 34.6 Å². The Balaban J connectivity index is 1.71. The first-order valence-corrected chi connectivity index (χ1v) is 10.3. The van der Waals surface area contributed by atoms with Gasteiger partial charge in [-0.05, 0) is 30.7 Å². The third-order valence-electron chi connectivity index (χ3n) is 5.46. The quantitative estimate of drug-likeness (QED) is 0.410. The molecule has 4 heterocycles. The van der Waals surface area contributed by atoms with Gasteiger partial charge in [0.05, 0.1) is 29.8 Å². The Morgan fingerprint density at radius 3 is 2.88 bits per heavy atom. The maximum atomic E-state index is 14.6. The summed E-state index contributed by atoms with van der Waals surface area (Å²) in [4.78, 5) is 40.0. The molecule has 166 valence electrons. The van der Waals surface area contributed by atoms with Crippen LogP contribution >= 0.6 is 0 Å². The molecular formula is C22H20FN9O. The van der Waals surface area contributed by atoms with Gasteiger partial charge in [0.1, 0.15) is 23.0 Å². The van der Waals surface area contributed by atoms with Crippen molar-refractivity contribution in [3.8, 4) is 0 Å². The van der Waals surface area contributed by atoms with Gasteiger partial charge >= 0.3 is 0 Å². The van der Waals surface area contributed by atoms with Crippen molar-refractivity contribution in [1.29, 1.82) is 0 Å². The van der Waals surface area contributed by atoms with Gasteiger partial charge in [0.2, 0.25) is 0 Å². The molecule has 0 unspecified atom stereocenters. The zero-order chi connectivity index (χ0) is 22.9. The Bertz CT molecular complexity index is 1500. The van der Waals surface area contributed by atoms with E-state index in [0.29, 0.717) is 34.9 Å². The molecule has 5 aromatic rings. The van der Waals surface area contributed by atoms with E-state index >= 15 is 0 Å². The van der Waals surface area contributed by atoms with Gasteiger partial charge < -0.3 is 9.88 Å². The lowest BCUT2D eigenvalue weighted by atomic mass is 10.1. The number of benzene rings is 1. The lowest BCUT2D eigenvalue weighted by Crippen LogP contribution is -2.37. The topological polar surface area (TPSA) is 118 Å². The standard InChI is InChI=1S/C22H20FN9O/c1-3-16(31(2)21-18-19(26-11-25-18)27-12-28-21)20-29-15-8-4-7-14(23)17(15)22(33)32(20)30-13-6-5-9-24-10-13/h4-12,16,30H,3H2,1-2H3,(H,25,26,27,28)/t16-/m0/s1. The third kappa shape index (κ3) is 3.53. The number of aromatic amines is 1. The summed E-state index contributed by atoms with van der Waals surface area (Å²) in [7, 11) is 1.85. The van der Waals surface area contributed by atoms with Gasteiger partial charge in [0, 0.05) is 13.2 Å². The van der Waals surface area contributed by atoms with Crippen molar-refractivity contribution < 1.29 is 4.39 Å². The van der Waals surface area contributed by atoms with Gasteiger partial charge in [-0.1, -0.05) is 13.0 Å². The van der Waals surface area contributed by atoms with Crippen molar-refractivity contribution in [2.75, 3.05) is 17.4 Å². The summed E-state index contributed by atoms with van der Waals surface area (Å²) in [6.07, 6.45) is 6.77. The fraction of sp³-hybridized carbons (Fsp3) is 0.182. The van der Waals surface area contributed by atoms with Crippen molar-refractivity contribution >= 4 is 33.6 Å². The fourth-order valence-electron chi connectivity index (χ4n) is 3.89. The second kappa shape index (κ2) is 8.26. The Hall–Kier alpha value is -4.41. The average Bonchev–Trinajstić information content (AvgIpc) is 3.31. The van der Waals surface area contributed by atoms with Crippen molar-refractivity contribution in [3.05, 3.63) is 77.4 Å². The zero-order valence-corrected chi connectivity index (χ0v) is 17.9. The SMILES string of the molecule is CC[C@@H](c1nc2cccc(F)c2c(=O)n1Nc1cccnc1)N(C)c1ncnc2nc[nH]c12. The van der Waals surface area contributed by atoms with E-state index in [0.717, 1.165) is 0 Å². The van der Waals surface area contributed by atoms with Crippen LogP contribution in [0.1, 0.15) is 25.2 Å². The summed E-state index contributed by atoms with van der Waals surface area (Å²) >= 11 is 0. The maximum absolute atomic E-state index is 14.6. The molecule has 0 amide bonds. The van der Waals surface area contributed by atoms with Gasteiger partial charge in [-0.15, -0.1) is 0 Å². The first-order chi connectivity index (χ1) is 16.1. The third-order valence-corrected chi connectivity index (χ3v) is 5.46. The van der Waals surface area contributed by atoms with Gasteiger partial charge in [-0.2, -0.15) is 0 Å². The van der Waals surface area contributed by atoms with E-state index in [9.17, 15) is 9.18 Å². The van der Waals surface area contributed by atoms with Crippen LogP contribution in [0.2, 0.25) is 0 Å². The molecule has 0 radical (unpaired) electrons. The number of anilines is 2. The number of halogens is 1. The molecule has 11 heteroatoms. The van der Waals surface area contributed by atoms with Gasteiger partial charge in [-0.3, -0.25) is 15.2 Å². The van der Waals surface area contributed by atoms with Crippen molar-refractivity contribution in [2.45, 2.75) is 19.4 Å². The van der Waals surface area contributed by atoms with E-state index in [1.165, 1.54) is 23.1 Å². The summed E-state index contributed by atoms with van der Waals surface area (Å²) < 4.78 is 15.9. The number of nitrogens with zero attached hydrogens (tertiary/aromatic N) is 7. The molecule has 0 saturated carbocycles. The minimum absolute atomic E-state index is 0.0897. The van der Waals surface area contributed by atoms with Gasteiger partial charge in [0.15, 0.2) is 17.3 Å². The van der Waals surface area contributed by atoms with E-state index in [-0.39, 0.29) is 10.9 Å². The monoisotopic (exact) mass is 445 g/mol. The number of imidazole rings is 1. The summed E-state index contributed by atoms with van der Waals surface area (Å²) in [6.45, 7) is 1.98. The molecule has 0 aliphatic carbocycles. The number of nitrogens with one attached hydrogen (secondary N) is 2. The second-order valence-corrected chi connectivity index (χ2v) is 7.43. The summed E-state index contributed by atoms with van der Waals surface area (Å²) in [5.74, 6) is 0.374. The average molecular weight is 445 g/mol. The number of hydrogen-bond acceptors (Lipinski definition) is 8. The summed E-state index contributed by atoms with van der Waals surface area (Å²) in [5.41, 5.74) is 4.54. The van der Waals surface area contributed by atoms with Crippen LogP contribution in [0, 0.1) is 5.82 Å². The largest absolute Gasteiger partial charge is 0.348 e. The van der Waals surface area contributed by atoms with Crippen LogP contribution in [0.25, 0.3) is 22.1 Å². The molecule has 0 fully saturated rings. The Morgan fingerprint density at radius 1 is 1.21 bits per heavy atom. The Morgan fingerprint density at radius 2 is 2.09 bits per heavy atom. The highest BCUT2D eigenvalue weighted by Gasteiger charge is 2.26. The zero-order valence-electron chi connectivity index (χ0n) is 17.9. The number of rotatable bonds is 6. The smallest absolute Gasteiger partial charge is 0.283 e. The van der Waals surface area contributed by atoms with Crippen LogP contribution in [0.15, 0.2) is 60.2 Å². The molecule has 0 aliphatic rings. The van der Waals surface area contributed by atoms with Crippen molar-refractivity contribution in [2.24, 2.45) is 0 Å². The Kier molecular flexibility index (Phi) is 5.13. The highest BCUT2D eigenvalue weighted by Crippen LogP contribution is 2.29. The molecule has 10 nitrogen and oxygen atoms in total. The van der Waals surface area contributed by atoms with Crippen LogP contribution in [-0.2, 0) is 0 Å². The van der Waals surface area contributed by atoms with Crippen LogP contribution in [-0.4, -0.2) is 41.6 Å². The lowest BCUT2D eigenvalue weighted by Gasteiger charge is -2.30. The summed E-state index contributed by atoms with van der Waals surface area (Å²) in [5, 5.41) is -0.0897. The predicted octanol–water partition coefficient (Wildman–Crippen LogP) is 3.06. The van der Waals surface area contributed by atoms with E-state index in [1.54, 1.807) is 36.9 Å². The van der Waals surface area contributed by atoms with Crippen molar-refractivity contribution in [3.63, 3.8) is 0 Å². The number of pyridine rings is 1. The molecule has 33 heavy (non-hydrogen) atoms. The molecule has 0 spiro atoms. The van der Waals surface area contributed by atoms with E-state index in [1.807, 2.05) is 18.9 Å². The molecular weight excluding hydrogens is 425 g/mol. The number of fused-ring (bicyclic) bond motifs is 2. The first-order valence-electron chi connectivity index (χ1n) is 10.3. The molecule has 0 bridgehead atoms. The van der Waals surface area contributed by atoms with Gasteiger partial charge in [0.25, 0.3) is 5.56 Å². The summed E-state index contributed by atoms with van der Waals surface area (Å²) in [6, 6.07) is 7.52. The first kappa shape index (κ1) is 20.5. The van der Waals surface area contributed by atoms with Crippen LogP contribution < -0.4 is 15.9 Å². The number of aromatic nitrogens is 7. The highest BCUT2D eigenvalue weighted by molar-refractivity contribution is 5.83.